The first kappa shape index (κ1) is 22.9. The van der Waals surface area contributed by atoms with E-state index in [4.69, 9.17) is 27.9 Å². The van der Waals surface area contributed by atoms with Crippen molar-refractivity contribution in [2.24, 2.45) is 0 Å². The summed E-state index contributed by atoms with van der Waals surface area (Å²) in [5, 5.41) is 3.19. The number of nitrogens with one attached hydrogen (secondary N) is 1. The summed E-state index contributed by atoms with van der Waals surface area (Å²) in [5.74, 6) is 0.0172. The largest absolute Gasteiger partial charge is 0.497 e. The maximum atomic E-state index is 13.4. The van der Waals surface area contributed by atoms with Crippen molar-refractivity contribution in [1.29, 1.82) is 0 Å². The zero-order chi connectivity index (χ0) is 22.6. The number of sulfonamides is 1. The molecule has 31 heavy (non-hydrogen) atoms. The lowest BCUT2D eigenvalue weighted by molar-refractivity contribution is -0.114. The minimum atomic E-state index is -4.07. The molecule has 3 rings (SSSR count). The third-order valence-corrected chi connectivity index (χ3v) is 6.61. The second-order valence-electron chi connectivity index (χ2n) is 6.73. The van der Waals surface area contributed by atoms with Gasteiger partial charge in [-0.25, -0.2) is 8.42 Å². The van der Waals surface area contributed by atoms with Crippen molar-refractivity contribution < 1.29 is 17.9 Å². The molecule has 0 aromatic heterocycles. The van der Waals surface area contributed by atoms with E-state index in [1.165, 1.54) is 37.4 Å². The van der Waals surface area contributed by atoms with Crippen LogP contribution < -0.4 is 14.4 Å². The van der Waals surface area contributed by atoms with Crippen LogP contribution in [0.5, 0.6) is 5.75 Å². The maximum absolute atomic E-state index is 13.4. The highest BCUT2D eigenvalue weighted by Gasteiger charge is 2.28. The van der Waals surface area contributed by atoms with Gasteiger partial charge in [0.25, 0.3) is 10.0 Å². The fourth-order valence-corrected chi connectivity index (χ4v) is 4.79. The first-order chi connectivity index (χ1) is 14.7. The zero-order valence-electron chi connectivity index (χ0n) is 16.8. The summed E-state index contributed by atoms with van der Waals surface area (Å²) in [7, 11) is -2.56. The molecule has 0 aliphatic carbocycles. The van der Waals surface area contributed by atoms with Crippen molar-refractivity contribution in [2.45, 2.75) is 11.8 Å². The molecule has 162 valence electrons. The van der Waals surface area contributed by atoms with Crippen molar-refractivity contribution in [1.82, 2.24) is 0 Å². The average molecular weight is 479 g/mol. The molecular formula is C22H20Cl2N2O4S. The quantitative estimate of drug-likeness (QED) is 0.509. The van der Waals surface area contributed by atoms with Crippen LogP contribution in [0.15, 0.2) is 71.6 Å². The van der Waals surface area contributed by atoms with Gasteiger partial charge >= 0.3 is 0 Å². The van der Waals surface area contributed by atoms with E-state index in [0.29, 0.717) is 11.4 Å². The Hall–Kier alpha value is -2.74. The summed E-state index contributed by atoms with van der Waals surface area (Å²) < 4.78 is 32.9. The fraction of sp³-hybridized carbons (Fsp3) is 0.136. The first-order valence-electron chi connectivity index (χ1n) is 9.18. The van der Waals surface area contributed by atoms with E-state index >= 15 is 0 Å². The zero-order valence-corrected chi connectivity index (χ0v) is 19.1. The number of amides is 1. The van der Waals surface area contributed by atoms with Crippen LogP contribution in [0.25, 0.3) is 0 Å². The smallest absolute Gasteiger partial charge is 0.264 e. The van der Waals surface area contributed by atoms with Crippen LogP contribution in [0, 0.1) is 6.92 Å². The Morgan fingerprint density at radius 3 is 2.26 bits per heavy atom. The molecule has 0 bridgehead atoms. The van der Waals surface area contributed by atoms with Crippen molar-refractivity contribution >= 4 is 50.5 Å². The van der Waals surface area contributed by atoms with Crippen LogP contribution in [-0.2, 0) is 14.8 Å². The number of benzene rings is 3. The molecule has 0 aliphatic heterocycles. The third-order valence-electron chi connectivity index (χ3n) is 4.38. The van der Waals surface area contributed by atoms with E-state index in [-0.39, 0.29) is 20.6 Å². The number of anilines is 2. The second-order valence-corrected chi connectivity index (χ2v) is 9.47. The molecule has 1 amide bonds. The molecule has 9 heteroatoms. The topological polar surface area (TPSA) is 75.7 Å². The molecule has 0 radical (unpaired) electrons. The van der Waals surface area contributed by atoms with Crippen LogP contribution in [0.3, 0.4) is 0 Å². The number of halogens is 2. The molecule has 3 aromatic carbocycles. The van der Waals surface area contributed by atoms with E-state index in [9.17, 15) is 13.2 Å². The molecule has 0 saturated heterocycles. The Morgan fingerprint density at radius 1 is 1.00 bits per heavy atom. The van der Waals surface area contributed by atoms with E-state index in [1.807, 2.05) is 6.92 Å². The second kappa shape index (κ2) is 9.60. The van der Waals surface area contributed by atoms with Gasteiger partial charge in [0, 0.05) is 21.8 Å². The molecule has 3 aromatic rings. The van der Waals surface area contributed by atoms with Crippen LogP contribution >= 0.6 is 23.2 Å². The highest BCUT2D eigenvalue weighted by Crippen LogP contribution is 2.30. The van der Waals surface area contributed by atoms with Gasteiger partial charge in [0.2, 0.25) is 5.91 Å². The number of aryl methyl sites for hydroxylation is 1. The van der Waals surface area contributed by atoms with Gasteiger partial charge in [0.1, 0.15) is 12.3 Å². The van der Waals surface area contributed by atoms with Gasteiger partial charge in [-0.1, -0.05) is 47.0 Å². The van der Waals surface area contributed by atoms with E-state index in [2.05, 4.69) is 5.32 Å². The van der Waals surface area contributed by atoms with Gasteiger partial charge in [-0.2, -0.15) is 0 Å². The van der Waals surface area contributed by atoms with Gasteiger partial charge in [-0.3, -0.25) is 9.10 Å². The number of rotatable bonds is 7. The third kappa shape index (κ3) is 5.70. The number of nitrogens with zero attached hydrogens (tertiary/aromatic N) is 1. The molecule has 0 spiro atoms. The Labute approximate surface area is 191 Å². The number of hydrogen-bond donors (Lipinski definition) is 1. The molecule has 0 atom stereocenters. The molecule has 0 heterocycles. The van der Waals surface area contributed by atoms with Crippen molar-refractivity contribution in [3.63, 3.8) is 0 Å². The summed E-state index contributed by atoms with van der Waals surface area (Å²) in [5.41, 5.74) is 1.56. The number of hydrogen-bond acceptors (Lipinski definition) is 4. The van der Waals surface area contributed by atoms with Crippen LogP contribution in [0.1, 0.15) is 5.56 Å². The Bertz CT molecular complexity index is 1180. The van der Waals surface area contributed by atoms with Crippen LogP contribution in [0.4, 0.5) is 11.4 Å². The van der Waals surface area contributed by atoms with Crippen LogP contribution in [0.2, 0.25) is 10.0 Å². The molecule has 1 N–H and O–H groups in total. The maximum Gasteiger partial charge on any atom is 0.264 e. The van der Waals surface area contributed by atoms with Gasteiger partial charge in [0.05, 0.1) is 17.7 Å². The van der Waals surface area contributed by atoms with E-state index in [1.54, 1.807) is 36.4 Å². The van der Waals surface area contributed by atoms with Gasteiger partial charge < -0.3 is 10.1 Å². The Kier molecular flexibility index (Phi) is 7.10. The van der Waals surface area contributed by atoms with Gasteiger partial charge in [-0.05, 0) is 49.4 Å². The van der Waals surface area contributed by atoms with Gasteiger partial charge in [0.15, 0.2) is 0 Å². The SMILES string of the molecule is COc1cccc(NC(=O)CN(c2cc(Cl)cc(Cl)c2)S(=O)(=O)c2ccc(C)cc2)c1. The molecule has 0 saturated carbocycles. The summed E-state index contributed by atoms with van der Waals surface area (Å²) in [6.45, 7) is 1.37. The lowest BCUT2D eigenvalue weighted by Crippen LogP contribution is -2.38. The highest BCUT2D eigenvalue weighted by atomic mass is 35.5. The Morgan fingerprint density at radius 2 is 1.65 bits per heavy atom. The molecule has 0 aliphatic rings. The molecule has 0 fully saturated rings. The highest BCUT2D eigenvalue weighted by molar-refractivity contribution is 7.92. The predicted molar refractivity (Wildman–Crippen MR) is 124 cm³/mol. The predicted octanol–water partition coefficient (Wildman–Crippen LogP) is 5.14. The normalized spacial score (nSPS) is 11.1. The lowest BCUT2D eigenvalue weighted by atomic mass is 10.2. The summed E-state index contributed by atoms with van der Waals surface area (Å²) in [4.78, 5) is 12.8. The van der Waals surface area contributed by atoms with E-state index in [0.717, 1.165) is 9.87 Å². The summed E-state index contributed by atoms with van der Waals surface area (Å²) >= 11 is 12.2. The first-order valence-corrected chi connectivity index (χ1v) is 11.4. The van der Waals surface area contributed by atoms with Crippen molar-refractivity contribution in [3.8, 4) is 5.75 Å². The summed E-state index contributed by atoms with van der Waals surface area (Å²) in [6.07, 6.45) is 0. The number of methoxy groups -OCH3 is 1. The van der Waals surface area contributed by atoms with Crippen molar-refractivity contribution in [3.05, 3.63) is 82.3 Å². The molecule has 6 nitrogen and oxygen atoms in total. The Balaban J connectivity index is 1.97. The minimum absolute atomic E-state index is 0.0448. The molecule has 0 unspecified atom stereocenters. The standard InChI is InChI=1S/C22H20Cl2N2O4S/c1-15-6-8-21(9-7-15)31(28,29)26(19-11-16(23)10-17(24)12-19)14-22(27)25-18-4-3-5-20(13-18)30-2/h3-13H,14H2,1-2H3,(H,25,27). The number of carbonyl (C=O) groups excluding carboxylic acids is 1. The fourth-order valence-electron chi connectivity index (χ4n) is 2.87. The lowest BCUT2D eigenvalue weighted by Gasteiger charge is -2.24. The van der Waals surface area contributed by atoms with Crippen molar-refractivity contribution in [2.75, 3.05) is 23.3 Å². The van der Waals surface area contributed by atoms with E-state index < -0.39 is 22.5 Å². The van der Waals surface area contributed by atoms with Crippen LogP contribution in [-0.4, -0.2) is 28.0 Å². The minimum Gasteiger partial charge on any atom is -0.497 e. The van der Waals surface area contributed by atoms with Gasteiger partial charge in [-0.15, -0.1) is 0 Å². The monoisotopic (exact) mass is 478 g/mol. The average Bonchev–Trinajstić information content (AvgIpc) is 2.71. The molecular weight excluding hydrogens is 459 g/mol. The summed E-state index contributed by atoms with van der Waals surface area (Å²) in [6, 6.07) is 17.5. The number of ether oxygens (including phenoxy) is 1. The number of carbonyl (C=O) groups is 1.